The Morgan fingerprint density at radius 1 is 1.03 bits per heavy atom. The van der Waals surface area contributed by atoms with Crippen molar-refractivity contribution in [3.63, 3.8) is 0 Å². The van der Waals surface area contributed by atoms with Crippen molar-refractivity contribution in [1.82, 2.24) is 24.9 Å². The number of rotatable bonds is 1. The Kier molecular flexibility index (Phi) is 4.88. The first-order chi connectivity index (χ1) is 14.5. The van der Waals surface area contributed by atoms with Crippen LogP contribution < -0.4 is 5.32 Å². The highest BCUT2D eigenvalue weighted by Crippen LogP contribution is 2.27. The number of fused-ring (bicyclic) bond motifs is 2. The van der Waals surface area contributed by atoms with Crippen molar-refractivity contribution in [1.29, 1.82) is 0 Å². The predicted molar refractivity (Wildman–Crippen MR) is 109 cm³/mol. The quantitative estimate of drug-likeness (QED) is 0.663. The first kappa shape index (κ1) is 19.3. The molecule has 1 aromatic rings. The third kappa shape index (κ3) is 3.32. The van der Waals surface area contributed by atoms with Crippen molar-refractivity contribution < 1.29 is 19.2 Å². The lowest BCUT2D eigenvalue weighted by atomic mass is 9.96. The van der Waals surface area contributed by atoms with Gasteiger partial charge in [-0.3, -0.25) is 14.9 Å². The number of likely N-dealkylation sites (tertiary alicyclic amines) is 1. The number of carbonyl (C=O) groups is 4. The van der Waals surface area contributed by atoms with E-state index in [1.54, 1.807) is 16.2 Å². The fourth-order valence-corrected chi connectivity index (χ4v) is 5.82. The summed E-state index contributed by atoms with van der Waals surface area (Å²) in [5, 5.41) is 4.39. The number of hydrogen-bond donors (Lipinski definition) is 1. The molecule has 2 atom stereocenters. The predicted octanol–water partition coefficient (Wildman–Crippen LogP) is 0.701. The van der Waals surface area contributed by atoms with Crippen molar-refractivity contribution in [2.24, 2.45) is 5.92 Å². The van der Waals surface area contributed by atoms with Crippen molar-refractivity contribution in [3.05, 3.63) is 21.9 Å². The molecule has 0 radical (unpaired) electrons. The third-order valence-electron chi connectivity index (χ3n) is 6.61. The van der Waals surface area contributed by atoms with Crippen LogP contribution in [0.3, 0.4) is 0 Å². The first-order valence-electron chi connectivity index (χ1n) is 10.5. The lowest BCUT2D eigenvalue weighted by Crippen LogP contribution is -2.57. The van der Waals surface area contributed by atoms with Crippen molar-refractivity contribution in [3.8, 4) is 0 Å². The zero-order chi connectivity index (χ0) is 20.8. The van der Waals surface area contributed by atoms with Gasteiger partial charge in [0.2, 0.25) is 5.91 Å². The minimum Gasteiger partial charge on any atom is -0.338 e. The van der Waals surface area contributed by atoms with Crippen LogP contribution in [0.15, 0.2) is 11.4 Å². The molecule has 0 bridgehead atoms. The van der Waals surface area contributed by atoms with E-state index < -0.39 is 6.04 Å². The largest absolute Gasteiger partial charge is 0.338 e. The maximum absolute atomic E-state index is 13.1. The Hall–Kier alpha value is -2.62. The monoisotopic (exact) mass is 431 g/mol. The molecule has 0 aromatic carbocycles. The smallest absolute Gasteiger partial charge is 0.324 e. The van der Waals surface area contributed by atoms with Crippen molar-refractivity contribution in [2.75, 3.05) is 39.3 Å². The molecule has 9 nitrogen and oxygen atoms in total. The summed E-state index contributed by atoms with van der Waals surface area (Å²) < 4.78 is 0. The van der Waals surface area contributed by atoms with E-state index in [0.717, 1.165) is 19.3 Å². The number of amides is 6. The highest BCUT2D eigenvalue weighted by Gasteiger charge is 2.44. The molecule has 10 heteroatoms. The Balaban J connectivity index is 1.21. The van der Waals surface area contributed by atoms with Gasteiger partial charge in [-0.15, -0.1) is 11.3 Å². The Labute approximate surface area is 178 Å². The highest BCUT2D eigenvalue weighted by molar-refractivity contribution is 7.10. The Bertz CT molecular complexity index is 902. The number of nitrogens with zero attached hydrogens (tertiary/aromatic N) is 4. The normalized spacial score (nSPS) is 26.4. The third-order valence-corrected chi connectivity index (χ3v) is 7.63. The zero-order valence-corrected chi connectivity index (χ0v) is 17.5. The van der Waals surface area contributed by atoms with Crippen LogP contribution in [-0.2, 0) is 22.6 Å². The average molecular weight is 432 g/mol. The summed E-state index contributed by atoms with van der Waals surface area (Å²) in [4.78, 5) is 58.2. The number of imide groups is 1. The molecule has 1 N–H and O–H groups in total. The van der Waals surface area contributed by atoms with E-state index in [-0.39, 0.29) is 36.3 Å². The SMILES string of the molecule is O=C1NC(=O)N2CCN(C(=O)C3CCCN(C(=O)N4CCc5sccc5C4)C3)CC12. The number of urea groups is 2. The van der Waals surface area contributed by atoms with E-state index in [4.69, 9.17) is 0 Å². The summed E-state index contributed by atoms with van der Waals surface area (Å²) in [7, 11) is 0. The summed E-state index contributed by atoms with van der Waals surface area (Å²) in [5.74, 6) is -0.607. The van der Waals surface area contributed by atoms with Crippen LogP contribution in [0, 0.1) is 5.92 Å². The van der Waals surface area contributed by atoms with Gasteiger partial charge in [0.1, 0.15) is 6.04 Å². The first-order valence-corrected chi connectivity index (χ1v) is 11.4. The molecule has 0 spiro atoms. The number of hydrogen-bond acceptors (Lipinski definition) is 5. The molecule has 4 aliphatic heterocycles. The van der Waals surface area contributed by atoms with Crippen molar-refractivity contribution in [2.45, 2.75) is 31.8 Å². The molecule has 3 fully saturated rings. The highest BCUT2D eigenvalue weighted by atomic mass is 32.1. The fourth-order valence-electron chi connectivity index (χ4n) is 4.93. The number of piperidine rings is 1. The standard InChI is InChI=1S/C20H25N5O4S/c26-17-15-12-22(7-8-25(15)19(28)21-17)18(27)14-2-1-5-23(11-14)20(29)24-6-3-16-13(10-24)4-9-30-16/h4,9,14-15H,1-3,5-8,10-12H2,(H,21,26,28). The lowest BCUT2D eigenvalue weighted by Gasteiger charge is -2.40. The molecule has 2 unspecified atom stereocenters. The maximum atomic E-state index is 13.1. The van der Waals surface area contributed by atoms with Gasteiger partial charge in [-0.05, 0) is 36.3 Å². The molecule has 0 saturated carbocycles. The number of nitrogens with one attached hydrogen (secondary N) is 1. The molecule has 1 aromatic heterocycles. The molecule has 3 saturated heterocycles. The molecule has 5 rings (SSSR count). The Morgan fingerprint density at radius 3 is 2.77 bits per heavy atom. The van der Waals surface area contributed by atoms with Crippen molar-refractivity contribution >= 4 is 35.2 Å². The molecular formula is C20H25N5O4S. The van der Waals surface area contributed by atoms with E-state index in [1.165, 1.54) is 15.3 Å². The Morgan fingerprint density at radius 2 is 1.90 bits per heavy atom. The van der Waals surface area contributed by atoms with Gasteiger partial charge in [-0.25, -0.2) is 9.59 Å². The number of piperazine rings is 1. The number of thiophene rings is 1. The minimum absolute atomic E-state index is 0.00920. The number of carbonyl (C=O) groups excluding carboxylic acids is 4. The van der Waals surface area contributed by atoms with Gasteiger partial charge in [0.05, 0.1) is 12.5 Å². The van der Waals surface area contributed by atoms with Gasteiger partial charge in [0, 0.05) is 44.1 Å². The zero-order valence-electron chi connectivity index (χ0n) is 16.7. The maximum Gasteiger partial charge on any atom is 0.324 e. The van der Waals surface area contributed by atoms with Crippen LogP contribution >= 0.6 is 11.3 Å². The second kappa shape index (κ2) is 7.57. The van der Waals surface area contributed by atoms with Crippen LogP contribution in [0.4, 0.5) is 9.59 Å². The molecule has 4 aliphatic rings. The van der Waals surface area contributed by atoms with E-state index in [1.807, 2.05) is 9.80 Å². The van der Waals surface area contributed by atoms with Crippen LogP contribution in [0.5, 0.6) is 0 Å². The van der Waals surface area contributed by atoms with Crippen LogP contribution in [-0.4, -0.2) is 88.8 Å². The van der Waals surface area contributed by atoms with Gasteiger partial charge < -0.3 is 19.6 Å². The minimum atomic E-state index is -0.593. The summed E-state index contributed by atoms with van der Waals surface area (Å²) in [5.41, 5.74) is 1.23. The van der Waals surface area contributed by atoms with Gasteiger partial charge in [0.15, 0.2) is 0 Å². The molecular weight excluding hydrogens is 406 g/mol. The second-order valence-corrected chi connectivity index (χ2v) is 9.40. The fraction of sp³-hybridized carbons (Fsp3) is 0.600. The van der Waals surface area contributed by atoms with E-state index in [0.29, 0.717) is 39.3 Å². The van der Waals surface area contributed by atoms with E-state index >= 15 is 0 Å². The molecule has 160 valence electrons. The molecule has 30 heavy (non-hydrogen) atoms. The van der Waals surface area contributed by atoms with Crippen LogP contribution in [0.1, 0.15) is 23.3 Å². The van der Waals surface area contributed by atoms with Crippen LogP contribution in [0.25, 0.3) is 0 Å². The van der Waals surface area contributed by atoms with E-state index in [2.05, 4.69) is 16.8 Å². The van der Waals surface area contributed by atoms with Gasteiger partial charge in [-0.1, -0.05) is 0 Å². The van der Waals surface area contributed by atoms with Gasteiger partial charge in [0.25, 0.3) is 5.91 Å². The molecule has 0 aliphatic carbocycles. The molecule has 5 heterocycles. The second-order valence-electron chi connectivity index (χ2n) is 8.40. The molecule has 6 amide bonds. The summed E-state index contributed by atoms with van der Waals surface area (Å²) in [6.07, 6.45) is 2.43. The summed E-state index contributed by atoms with van der Waals surface area (Å²) in [6, 6.07) is 1.13. The topological polar surface area (TPSA) is 93.3 Å². The lowest BCUT2D eigenvalue weighted by molar-refractivity contribution is -0.140. The average Bonchev–Trinajstić information content (AvgIpc) is 3.36. The van der Waals surface area contributed by atoms with E-state index in [9.17, 15) is 19.2 Å². The van der Waals surface area contributed by atoms with Gasteiger partial charge >= 0.3 is 12.1 Å². The summed E-state index contributed by atoms with van der Waals surface area (Å²) >= 11 is 1.75. The van der Waals surface area contributed by atoms with Gasteiger partial charge in [-0.2, -0.15) is 0 Å². The van der Waals surface area contributed by atoms with Crippen LogP contribution in [0.2, 0.25) is 0 Å². The summed E-state index contributed by atoms with van der Waals surface area (Å²) in [6.45, 7) is 3.46.